The van der Waals surface area contributed by atoms with Crippen molar-refractivity contribution in [2.24, 2.45) is 0 Å². The third-order valence-corrected chi connectivity index (χ3v) is 15.8. The minimum absolute atomic E-state index is 0.0808. The molecule has 2 aliphatic rings. The van der Waals surface area contributed by atoms with Crippen molar-refractivity contribution >= 4 is 16.1 Å². The SMILES string of the molecule is [C-]#[N+]CCOP(=O)(O[C@@H]1C[C@H](n2cc(C)c(=O)[nH]c2=O)O[C@@H]1CC)OC(C)(C)[C@H]1O[C@@H](n2cc(C)c(=O)[nH]c2=O)C[C@H]1O[Si](C)(C)C(C)(C)C. The molecule has 50 heavy (non-hydrogen) atoms. The fourth-order valence-corrected chi connectivity index (χ4v) is 8.84. The van der Waals surface area contributed by atoms with Crippen molar-refractivity contribution in [3.63, 3.8) is 0 Å². The van der Waals surface area contributed by atoms with Crippen LogP contribution in [0, 0.1) is 20.4 Å². The zero-order valence-electron chi connectivity index (χ0n) is 30.4. The monoisotopic (exact) mass is 739 g/mol. The second-order valence-electron chi connectivity index (χ2n) is 14.9. The summed E-state index contributed by atoms with van der Waals surface area (Å²) in [7, 11) is -6.95. The zero-order chi connectivity index (χ0) is 37.4. The molecule has 2 aromatic heterocycles. The van der Waals surface area contributed by atoms with Gasteiger partial charge in [0.1, 0.15) is 30.8 Å². The van der Waals surface area contributed by atoms with Crippen LogP contribution in [0.1, 0.15) is 84.4 Å². The topological polar surface area (TPSA) is 187 Å². The van der Waals surface area contributed by atoms with Gasteiger partial charge in [0.05, 0.1) is 18.3 Å². The van der Waals surface area contributed by atoms with Crippen LogP contribution in [-0.4, -0.2) is 70.6 Å². The number of phosphoric acid groups is 1. The standard InChI is InChI=1S/C32H50N5O11PSi/c1-12-21-22(15-24(44-21)36-17-19(2)27(38)34-29(36)40)46-49(42,43-14-13-33-9)48-32(7,8)26-23(47-50(10,11)31(4,5)6)16-25(45-26)37-18-20(3)28(39)35-30(37)41/h17-18,21-26H,12-16H2,1-8,10-11H3,(H,34,38,40)(H,35,39,41)/t21-,22-,23-,24-,25-,26+,49?/m1/s1. The zero-order valence-corrected chi connectivity index (χ0v) is 32.3. The van der Waals surface area contributed by atoms with Crippen LogP contribution in [0.3, 0.4) is 0 Å². The lowest BCUT2D eigenvalue weighted by atomic mass is 9.97. The Morgan fingerprint density at radius 1 is 0.940 bits per heavy atom. The van der Waals surface area contributed by atoms with Crippen LogP contribution in [0.25, 0.3) is 4.85 Å². The summed E-state index contributed by atoms with van der Waals surface area (Å²) in [6.07, 6.45) is -1.15. The molecular formula is C32H50N5O11PSi. The van der Waals surface area contributed by atoms with Crippen LogP contribution < -0.4 is 22.5 Å². The highest BCUT2D eigenvalue weighted by Gasteiger charge is 2.54. The molecule has 278 valence electrons. The summed E-state index contributed by atoms with van der Waals surface area (Å²) in [4.78, 5) is 57.5. The van der Waals surface area contributed by atoms with Gasteiger partial charge in [-0.2, -0.15) is 0 Å². The first-order valence-corrected chi connectivity index (χ1v) is 21.1. The fraction of sp³-hybridized carbons (Fsp3) is 0.719. The number of aromatic amines is 2. The van der Waals surface area contributed by atoms with Crippen molar-refractivity contribution in [1.82, 2.24) is 19.1 Å². The van der Waals surface area contributed by atoms with Crippen LogP contribution in [0.15, 0.2) is 31.6 Å². The number of nitrogens with zero attached hydrogens (tertiary/aromatic N) is 3. The lowest BCUT2D eigenvalue weighted by molar-refractivity contribution is -0.123. The molecule has 0 amide bonds. The molecule has 7 atom stereocenters. The van der Waals surface area contributed by atoms with E-state index in [9.17, 15) is 23.7 Å². The highest BCUT2D eigenvalue weighted by atomic mass is 31.2. The van der Waals surface area contributed by atoms with E-state index in [1.165, 1.54) is 21.5 Å². The van der Waals surface area contributed by atoms with Crippen molar-refractivity contribution in [1.29, 1.82) is 0 Å². The van der Waals surface area contributed by atoms with Crippen LogP contribution in [0.5, 0.6) is 0 Å². The van der Waals surface area contributed by atoms with E-state index in [1.54, 1.807) is 27.7 Å². The third-order valence-electron chi connectivity index (χ3n) is 9.57. The Hall–Kier alpha value is -2.94. The number of aryl methyl sites for hydroxylation is 2. The molecule has 2 aliphatic heterocycles. The minimum atomic E-state index is -4.50. The smallest absolute Gasteiger partial charge is 0.411 e. The number of phosphoric ester groups is 1. The summed E-state index contributed by atoms with van der Waals surface area (Å²) in [5, 5.41) is -0.187. The third kappa shape index (κ3) is 8.74. The van der Waals surface area contributed by atoms with Crippen molar-refractivity contribution in [2.45, 2.75) is 135 Å². The molecule has 4 rings (SSSR count). The predicted molar refractivity (Wildman–Crippen MR) is 187 cm³/mol. The Labute approximate surface area is 292 Å². The number of hydrogen-bond acceptors (Lipinski definition) is 11. The number of H-pyrrole nitrogens is 2. The van der Waals surface area contributed by atoms with Crippen LogP contribution in [-0.2, 0) is 32.0 Å². The molecule has 0 aromatic carbocycles. The number of nitrogens with one attached hydrogen (secondary N) is 2. The highest BCUT2D eigenvalue weighted by Crippen LogP contribution is 2.58. The van der Waals surface area contributed by atoms with Gasteiger partial charge < -0.3 is 18.7 Å². The van der Waals surface area contributed by atoms with E-state index in [-0.39, 0.29) is 31.0 Å². The second-order valence-corrected chi connectivity index (χ2v) is 21.2. The molecule has 4 heterocycles. The van der Waals surface area contributed by atoms with Crippen molar-refractivity contribution < 1.29 is 32.0 Å². The summed E-state index contributed by atoms with van der Waals surface area (Å²) in [5.74, 6) is 0. The van der Waals surface area contributed by atoms with Crippen LogP contribution in [0.2, 0.25) is 18.1 Å². The van der Waals surface area contributed by atoms with Crippen molar-refractivity contribution in [3.05, 3.63) is 76.6 Å². The van der Waals surface area contributed by atoms with Gasteiger partial charge in [-0.15, -0.1) is 0 Å². The van der Waals surface area contributed by atoms with Gasteiger partial charge in [0.25, 0.3) is 11.1 Å². The first-order valence-electron chi connectivity index (χ1n) is 16.7. The number of hydrogen-bond donors (Lipinski definition) is 2. The summed E-state index contributed by atoms with van der Waals surface area (Å²) in [5.41, 5.74) is -3.11. The maximum Gasteiger partial charge on any atom is 0.476 e. The quantitative estimate of drug-likeness (QED) is 0.129. The van der Waals surface area contributed by atoms with Crippen LogP contribution >= 0.6 is 7.82 Å². The Morgan fingerprint density at radius 3 is 1.96 bits per heavy atom. The molecule has 2 saturated heterocycles. The Morgan fingerprint density at radius 2 is 1.46 bits per heavy atom. The maximum atomic E-state index is 14.6. The maximum absolute atomic E-state index is 14.6. The average molecular weight is 740 g/mol. The summed E-state index contributed by atoms with van der Waals surface area (Å²) >= 11 is 0. The van der Waals surface area contributed by atoms with E-state index in [1.807, 2.05) is 6.92 Å². The molecule has 0 saturated carbocycles. The van der Waals surface area contributed by atoms with Gasteiger partial charge in [-0.1, -0.05) is 27.7 Å². The van der Waals surface area contributed by atoms with Gasteiger partial charge in [-0.25, -0.2) is 20.7 Å². The summed E-state index contributed by atoms with van der Waals surface area (Å²) in [6.45, 7) is 25.6. The molecule has 0 aliphatic carbocycles. The second kappa shape index (κ2) is 15.0. The van der Waals surface area contributed by atoms with Crippen molar-refractivity contribution in [2.75, 3.05) is 13.2 Å². The Kier molecular flexibility index (Phi) is 11.9. The van der Waals surface area contributed by atoms with Gasteiger partial charge in [-0.05, 0) is 52.2 Å². The first kappa shape index (κ1) is 39.8. The molecule has 16 nitrogen and oxygen atoms in total. The normalized spacial score (nSPS) is 25.8. The average Bonchev–Trinajstić information content (AvgIpc) is 3.60. The highest BCUT2D eigenvalue weighted by molar-refractivity contribution is 7.48. The van der Waals surface area contributed by atoms with E-state index in [0.717, 1.165) is 0 Å². The Balaban J connectivity index is 1.67. The number of ether oxygens (including phenoxy) is 2. The van der Waals surface area contributed by atoms with Gasteiger partial charge in [-0.3, -0.25) is 42.3 Å². The van der Waals surface area contributed by atoms with Gasteiger partial charge in [0, 0.05) is 36.4 Å². The van der Waals surface area contributed by atoms with E-state index in [0.29, 0.717) is 17.5 Å². The molecule has 2 fully saturated rings. The molecule has 2 N–H and O–H groups in total. The lowest BCUT2D eigenvalue weighted by Gasteiger charge is -2.42. The molecule has 0 spiro atoms. The molecule has 18 heteroatoms. The predicted octanol–water partition coefficient (Wildman–Crippen LogP) is 4.30. The summed E-state index contributed by atoms with van der Waals surface area (Å²) in [6, 6.07) is 0. The first-order chi connectivity index (χ1) is 23.1. The Bertz CT molecular complexity index is 1870. The van der Waals surface area contributed by atoms with E-state index >= 15 is 0 Å². The van der Waals surface area contributed by atoms with E-state index < -0.39 is 81.1 Å². The van der Waals surface area contributed by atoms with Gasteiger partial charge >= 0.3 is 19.2 Å². The number of rotatable bonds is 13. The lowest BCUT2D eigenvalue weighted by Crippen LogP contribution is -2.51. The minimum Gasteiger partial charge on any atom is -0.411 e. The van der Waals surface area contributed by atoms with Gasteiger partial charge in [0.2, 0.25) is 6.54 Å². The molecule has 0 bridgehead atoms. The van der Waals surface area contributed by atoms with E-state index in [4.69, 9.17) is 34.0 Å². The fourth-order valence-electron chi connectivity index (χ4n) is 5.82. The molecular weight excluding hydrogens is 689 g/mol. The van der Waals surface area contributed by atoms with Crippen molar-refractivity contribution in [3.8, 4) is 0 Å². The van der Waals surface area contributed by atoms with E-state index in [2.05, 4.69) is 48.7 Å². The summed E-state index contributed by atoms with van der Waals surface area (Å²) < 4.78 is 54.8. The molecule has 1 unspecified atom stereocenters. The van der Waals surface area contributed by atoms with Crippen LogP contribution in [0.4, 0.5) is 0 Å². The van der Waals surface area contributed by atoms with Gasteiger partial charge in [0.15, 0.2) is 8.32 Å². The molecule has 2 aromatic rings. The number of aromatic nitrogens is 4. The largest absolute Gasteiger partial charge is 0.476 e. The molecule has 0 radical (unpaired) electrons.